The summed E-state index contributed by atoms with van der Waals surface area (Å²) in [4.78, 5) is 31.6. The molecule has 8 heteroatoms. The Labute approximate surface area is 198 Å². The number of aromatic nitrogens is 3. The molecule has 6 rings (SSSR count). The third-order valence-electron chi connectivity index (χ3n) is 7.32. The molecule has 2 amide bonds. The molecule has 3 heterocycles. The average Bonchev–Trinajstić information content (AvgIpc) is 3.18. The van der Waals surface area contributed by atoms with E-state index in [2.05, 4.69) is 39.7 Å². The summed E-state index contributed by atoms with van der Waals surface area (Å²) in [5.41, 5.74) is 11.3. The van der Waals surface area contributed by atoms with E-state index >= 15 is 0 Å². The van der Waals surface area contributed by atoms with Crippen molar-refractivity contribution in [3.8, 4) is 0 Å². The highest BCUT2D eigenvalue weighted by Crippen LogP contribution is 2.46. The van der Waals surface area contributed by atoms with Gasteiger partial charge in [-0.25, -0.2) is 4.98 Å². The fourth-order valence-corrected chi connectivity index (χ4v) is 5.35. The molecule has 3 aliphatic rings. The lowest BCUT2D eigenvalue weighted by atomic mass is 10.1. The largest absolute Gasteiger partial charge is 0.384 e. The number of nitrogens with zero attached hydrogens (tertiary/aromatic N) is 4. The van der Waals surface area contributed by atoms with Gasteiger partial charge in [-0.05, 0) is 54.9 Å². The number of hydrogen-bond acceptors (Lipinski definition) is 5. The molecule has 1 saturated heterocycles. The van der Waals surface area contributed by atoms with Crippen LogP contribution in [0.1, 0.15) is 57.3 Å². The monoisotopic (exact) mass is 456 g/mol. The van der Waals surface area contributed by atoms with Gasteiger partial charge in [0, 0.05) is 30.9 Å². The predicted octanol–water partition coefficient (Wildman–Crippen LogP) is 2.61. The van der Waals surface area contributed by atoms with Crippen LogP contribution in [0.4, 0.5) is 5.82 Å². The maximum atomic E-state index is 13.0. The Hall–Kier alpha value is -3.68. The Bertz CT molecular complexity index is 1280. The predicted molar refractivity (Wildman–Crippen MR) is 127 cm³/mol. The van der Waals surface area contributed by atoms with Gasteiger partial charge in [-0.2, -0.15) is 5.10 Å². The zero-order valence-electron chi connectivity index (χ0n) is 19.2. The number of rotatable bonds is 6. The zero-order chi connectivity index (χ0) is 23.4. The van der Waals surface area contributed by atoms with E-state index in [0.29, 0.717) is 47.9 Å². The van der Waals surface area contributed by atoms with E-state index in [9.17, 15) is 9.59 Å². The van der Waals surface area contributed by atoms with Crippen molar-refractivity contribution < 1.29 is 9.59 Å². The number of likely N-dealkylation sites (tertiary alicyclic amines) is 1. The number of carbonyl (C=O) groups excluding carboxylic acids is 2. The molecular formula is C26H28N6O2. The standard InChI is InChI=1S/C26H28N6O2/c1-15-21(25(33)29-23-8-7-22-19(23)6-9-24(27)28-22)14-32(30-15)12-17-4-2-16(3-5-17)11-31-13-18-10-20(18)26(31)34/h2-6,9,14,18,20,23H,7-8,10-13H2,1H3,(H2,27,28)(H,29,33). The summed E-state index contributed by atoms with van der Waals surface area (Å²) < 4.78 is 1.81. The number of aryl methyl sites for hydroxylation is 2. The van der Waals surface area contributed by atoms with E-state index in [1.807, 2.05) is 28.8 Å². The number of nitrogens with two attached hydrogens (primary N) is 1. The van der Waals surface area contributed by atoms with Crippen molar-refractivity contribution in [1.82, 2.24) is 25.0 Å². The Balaban J connectivity index is 1.09. The first-order chi connectivity index (χ1) is 16.4. The normalized spacial score (nSPS) is 22.6. The number of carbonyl (C=O) groups is 2. The second kappa shape index (κ2) is 7.97. The Morgan fingerprint density at radius 1 is 1.15 bits per heavy atom. The van der Waals surface area contributed by atoms with Crippen molar-refractivity contribution in [2.45, 2.75) is 45.3 Å². The minimum atomic E-state index is -0.123. The van der Waals surface area contributed by atoms with Gasteiger partial charge in [-0.1, -0.05) is 30.3 Å². The molecule has 34 heavy (non-hydrogen) atoms. The van der Waals surface area contributed by atoms with Crippen LogP contribution in [0, 0.1) is 18.8 Å². The van der Waals surface area contributed by atoms with Gasteiger partial charge < -0.3 is 16.0 Å². The van der Waals surface area contributed by atoms with Crippen molar-refractivity contribution in [3.63, 3.8) is 0 Å². The molecule has 174 valence electrons. The molecule has 3 atom stereocenters. The number of anilines is 1. The third kappa shape index (κ3) is 3.83. The van der Waals surface area contributed by atoms with Gasteiger partial charge in [-0.3, -0.25) is 14.3 Å². The summed E-state index contributed by atoms with van der Waals surface area (Å²) in [6, 6.07) is 12.0. The molecule has 0 bridgehead atoms. The zero-order valence-corrected chi connectivity index (χ0v) is 19.2. The molecule has 8 nitrogen and oxygen atoms in total. The Morgan fingerprint density at radius 2 is 1.91 bits per heavy atom. The quantitative estimate of drug-likeness (QED) is 0.593. The first kappa shape index (κ1) is 20.9. The maximum Gasteiger partial charge on any atom is 0.255 e. The SMILES string of the molecule is Cc1nn(Cc2ccc(CN3CC4CC4C3=O)cc2)cc1C(=O)NC1CCc2nc(N)ccc21. The van der Waals surface area contributed by atoms with Crippen molar-refractivity contribution in [2.75, 3.05) is 12.3 Å². The molecule has 1 aliphatic heterocycles. The van der Waals surface area contributed by atoms with Crippen LogP contribution in [0.25, 0.3) is 0 Å². The van der Waals surface area contributed by atoms with Gasteiger partial charge >= 0.3 is 0 Å². The lowest BCUT2D eigenvalue weighted by molar-refractivity contribution is -0.130. The van der Waals surface area contributed by atoms with Crippen molar-refractivity contribution in [3.05, 3.63) is 76.2 Å². The molecule has 1 saturated carbocycles. The summed E-state index contributed by atoms with van der Waals surface area (Å²) in [5, 5.41) is 7.70. The summed E-state index contributed by atoms with van der Waals surface area (Å²) in [6.45, 7) is 4.02. The topological polar surface area (TPSA) is 106 Å². The second-order valence-corrected chi connectivity index (χ2v) is 9.80. The number of nitrogens with one attached hydrogen (secondary N) is 1. The Kier molecular flexibility index (Phi) is 4.90. The second-order valence-electron chi connectivity index (χ2n) is 9.80. The first-order valence-corrected chi connectivity index (χ1v) is 11.9. The summed E-state index contributed by atoms with van der Waals surface area (Å²) >= 11 is 0. The van der Waals surface area contributed by atoms with Crippen LogP contribution >= 0.6 is 0 Å². The summed E-state index contributed by atoms with van der Waals surface area (Å²) in [6.07, 6.45) is 4.52. The fourth-order valence-electron chi connectivity index (χ4n) is 5.35. The number of hydrogen-bond donors (Lipinski definition) is 2. The highest BCUT2D eigenvalue weighted by atomic mass is 16.2. The number of pyridine rings is 1. The fraction of sp³-hybridized carbons (Fsp3) is 0.385. The van der Waals surface area contributed by atoms with E-state index in [4.69, 9.17) is 5.73 Å². The van der Waals surface area contributed by atoms with Gasteiger partial charge in [0.05, 0.1) is 23.8 Å². The highest BCUT2D eigenvalue weighted by Gasteiger charge is 2.51. The van der Waals surface area contributed by atoms with Crippen LogP contribution in [-0.4, -0.2) is 38.0 Å². The number of nitrogen functional groups attached to an aromatic ring is 1. The van der Waals surface area contributed by atoms with Gasteiger partial charge in [0.15, 0.2) is 0 Å². The van der Waals surface area contributed by atoms with Crippen LogP contribution in [0.15, 0.2) is 42.6 Å². The van der Waals surface area contributed by atoms with Gasteiger partial charge in [0.1, 0.15) is 5.82 Å². The van der Waals surface area contributed by atoms with Gasteiger partial charge in [0.2, 0.25) is 5.91 Å². The van der Waals surface area contributed by atoms with Crippen molar-refractivity contribution in [2.24, 2.45) is 11.8 Å². The molecule has 3 aromatic rings. The minimum absolute atomic E-state index is 0.0562. The Morgan fingerprint density at radius 3 is 2.65 bits per heavy atom. The van der Waals surface area contributed by atoms with E-state index < -0.39 is 0 Å². The molecule has 2 aromatic heterocycles. The number of amides is 2. The van der Waals surface area contributed by atoms with E-state index in [1.54, 1.807) is 6.07 Å². The summed E-state index contributed by atoms with van der Waals surface area (Å²) in [5.74, 6) is 1.60. The van der Waals surface area contributed by atoms with Crippen molar-refractivity contribution >= 4 is 17.6 Å². The van der Waals surface area contributed by atoms with Gasteiger partial charge in [0.25, 0.3) is 5.91 Å². The maximum absolute atomic E-state index is 13.0. The van der Waals surface area contributed by atoms with Crippen LogP contribution in [0.2, 0.25) is 0 Å². The third-order valence-corrected chi connectivity index (χ3v) is 7.32. The molecular weight excluding hydrogens is 428 g/mol. The number of fused-ring (bicyclic) bond motifs is 2. The lowest BCUT2D eigenvalue weighted by Gasteiger charge is -2.18. The lowest BCUT2D eigenvalue weighted by Crippen LogP contribution is -2.27. The molecule has 1 aromatic carbocycles. The molecule has 3 N–H and O–H groups in total. The van der Waals surface area contributed by atoms with Crippen molar-refractivity contribution in [1.29, 1.82) is 0 Å². The average molecular weight is 457 g/mol. The smallest absolute Gasteiger partial charge is 0.255 e. The van der Waals surface area contributed by atoms with E-state index in [0.717, 1.165) is 48.2 Å². The molecule has 3 unspecified atom stereocenters. The minimum Gasteiger partial charge on any atom is -0.384 e. The van der Waals surface area contributed by atoms with E-state index in [1.165, 1.54) is 0 Å². The summed E-state index contributed by atoms with van der Waals surface area (Å²) in [7, 11) is 0. The number of piperidine rings is 1. The van der Waals surface area contributed by atoms with Crippen LogP contribution < -0.4 is 11.1 Å². The van der Waals surface area contributed by atoms with E-state index in [-0.39, 0.29) is 11.9 Å². The molecule has 0 radical (unpaired) electrons. The van der Waals surface area contributed by atoms with Crippen LogP contribution in [0.5, 0.6) is 0 Å². The number of benzene rings is 1. The molecule has 0 spiro atoms. The van der Waals surface area contributed by atoms with Gasteiger partial charge in [-0.15, -0.1) is 0 Å². The van der Waals surface area contributed by atoms with Crippen LogP contribution in [0.3, 0.4) is 0 Å². The first-order valence-electron chi connectivity index (χ1n) is 11.9. The van der Waals surface area contributed by atoms with Crippen LogP contribution in [-0.2, 0) is 24.3 Å². The molecule has 2 aliphatic carbocycles. The highest BCUT2D eigenvalue weighted by molar-refractivity contribution is 5.95. The molecule has 2 fully saturated rings.